The second kappa shape index (κ2) is 3.96. The third-order valence-corrected chi connectivity index (χ3v) is 2.14. The molecule has 0 atom stereocenters. The Balaban J connectivity index is 2.26. The number of nitrogens with zero attached hydrogens (tertiary/aromatic N) is 2. The van der Waals surface area contributed by atoms with Crippen LogP contribution in [0.2, 0.25) is 0 Å². The summed E-state index contributed by atoms with van der Waals surface area (Å²) in [5.41, 5.74) is 6.66. The van der Waals surface area contributed by atoms with E-state index in [-0.39, 0.29) is 5.43 Å². The van der Waals surface area contributed by atoms with E-state index in [1.54, 1.807) is 18.6 Å². The van der Waals surface area contributed by atoms with E-state index in [4.69, 9.17) is 5.73 Å². The van der Waals surface area contributed by atoms with Gasteiger partial charge in [-0.05, 0) is 6.07 Å². The lowest BCUT2D eigenvalue weighted by Crippen LogP contribution is -2.07. The second-order valence-electron chi connectivity index (χ2n) is 3.25. The van der Waals surface area contributed by atoms with Crippen molar-refractivity contribution < 1.29 is 0 Å². The Labute approximate surface area is 87.0 Å². The third-order valence-electron chi connectivity index (χ3n) is 2.14. The fourth-order valence-electron chi connectivity index (χ4n) is 1.33. The SMILES string of the molecule is Nc1ncccc1Cn1ccc(=O)cc1. The molecule has 4 heteroatoms. The van der Waals surface area contributed by atoms with Gasteiger partial charge in [0.1, 0.15) is 5.82 Å². The van der Waals surface area contributed by atoms with E-state index in [1.807, 2.05) is 16.7 Å². The lowest BCUT2D eigenvalue weighted by atomic mass is 10.2. The first kappa shape index (κ1) is 9.45. The molecule has 0 saturated heterocycles. The van der Waals surface area contributed by atoms with Crippen LogP contribution < -0.4 is 11.2 Å². The van der Waals surface area contributed by atoms with Crippen molar-refractivity contribution in [2.45, 2.75) is 6.54 Å². The number of hydrogen-bond donors (Lipinski definition) is 1. The molecule has 0 fully saturated rings. The molecule has 0 radical (unpaired) electrons. The number of hydrogen-bond acceptors (Lipinski definition) is 3. The van der Waals surface area contributed by atoms with Crippen molar-refractivity contribution in [3.8, 4) is 0 Å². The fourth-order valence-corrected chi connectivity index (χ4v) is 1.33. The van der Waals surface area contributed by atoms with E-state index in [0.29, 0.717) is 12.4 Å². The van der Waals surface area contributed by atoms with Gasteiger partial charge in [-0.3, -0.25) is 4.79 Å². The summed E-state index contributed by atoms with van der Waals surface area (Å²) < 4.78 is 1.88. The molecule has 4 nitrogen and oxygen atoms in total. The minimum Gasteiger partial charge on any atom is -0.383 e. The van der Waals surface area contributed by atoms with Gasteiger partial charge in [0.15, 0.2) is 5.43 Å². The highest BCUT2D eigenvalue weighted by molar-refractivity contribution is 5.38. The van der Waals surface area contributed by atoms with Crippen molar-refractivity contribution in [3.63, 3.8) is 0 Å². The lowest BCUT2D eigenvalue weighted by molar-refractivity contribution is 0.787. The number of nitrogen functional groups attached to an aromatic ring is 1. The van der Waals surface area contributed by atoms with Crippen LogP contribution in [-0.2, 0) is 6.54 Å². The van der Waals surface area contributed by atoms with Crippen LogP contribution in [0.15, 0.2) is 47.7 Å². The highest BCUT2D eigenvalue weighted by Crippen LogP contribution is 2.08. The zero-order chi connectivity index (χ0) is 10.7. The molecule has 2 aromatic rings. The topological polar surface area (TPSA) is 60.9 Å². The molecule has 0 aliphatic heterocycles. The van der Waals surface area contributed by atoms with Crippen molar-refractivity contribution >= 4 is 5.82 Å². The molecule has 2 N–H and O–H groups in total. The Hall–Kier alpha value is -2.10. The smallest absolute Gasteiger partial charge is 0.181 e. The molecule has 0 amide bonds. The maximum atomic E-state index is 10.9. The van der Waals surface area contributed by atoms with Crippen molar-refractivity contribution in [1.82, 2.24) is 9.55 Å². The van der Waals surface area contributed by atoms with Crippen LogP contribution in [0.4, 0.5) is 5.82 Å². The van der Waals surface area contributed by atoms with Crippen molar-refractivity contribution in [2.24, 2.45) is 0 Å². The molecule has 0 saturated carbocycles. The average Bonchev–Trinajstić information content (AvgIpc) is 2.25. The van der Waals surface area contributed by atoms with Crippen LogP contribution >= 0.6 is 0 Å². The fraction of sp³-hybridized carbons (Fsp3) is 0.0909. The van der Waals surface area contributed by atoms with Crippen LogP contribution in [-0.4, -0.2) is 9.55 Å². The molecule has 2 aromatic heterocycles. The second-order valence-corrected chi connectivity index (χ2v) is 3.25. The largest absolute Gasteiger partial charge is 0.383 e. The molecule has 0 unspecified atom stereocenters. The first-order valence-corrected chi connectivity index (χ1v) is 4.61. The summed E-state index contributed by atoms with van der Waals surface area (Å²) in [5, 5.41) is 0. The van der Waals surface area contributed by atoms with Crippen molar-refractivity contribution in [2.75, 3.05) is 5.73 Å². The first-order chi connectivity index (χ1) is 7.25. The van der Waals surface area contributed by atoms with E-state index in [9.17, 15) is 4.79 Å². The maximum Gasteiger partial charge on any atom is 0.181 e. The third kappa shape index (κ3) is 2.22. The highest BCUT2D eigenvalue weighted by Gasteiger charge is 1.98. The number of aromatic nitrogens is 2. The van der Waals surface area contributed by atoms with Gasteiger partial charge >= 0.3 is 0 Å². The molecule has 0 aromatic carbocycles. The van der Waals surface area contributed by atoms with Gasteiger partial charge in [0.05, 0.1) is 6.54 Å². The molecule has 2 heterocycles. The summed E-state index contributed by atoms with van der Waals surface area (Å²) in [4.78, 5) is 14.9. The standard InChI is InChI=1S/C11H11N3O/c12-11-9(2-1-5-13-11)8-14-6-3-10(15)4-7-14/h1-7H,8H2,(H2,12,13). The Kier molecular flexibility index (Phi) is 2.49. The van der Waals surface area contributed by atoms with E-state index in [2.05, 4.69) is 4.98 Å². The number of rotatable bonds is 2. The highest BCUT2D eigenvalue weighted by atomic mass is 16.1. The van der Waals surface area contributed by atoms with Gasteiger partial charge < -0.3 is 10.3 Å². The van der Waals surface area contributed by atoms with Crippen LogP contribution in [0.1, 0.15) is 5.56 Å². The number of pyridine rings is 2. The summed E-state index contributed by atoms with van der Waals surface area (Å²) in [7, 11) is 0. The quantitative estimate of drug-likeness (QED) is 0.784. The van der Waals surface area contributed by atoms with Crippen LogP contribution in [0.5, 0.6) is 0 Å². The Morgan fingerprint density at radius 1 is 1.27 bits per heavy atom. The zero-order valence-corrected chi connectivity index (χ0v) is 8.13. The van der Waals surface area contributed by atoms with Gasteiger partial charge in [-0.25, -0.2) is 4.98 Å². The normalized spacial score (nSPS) is 10.1. The minimum absolute atomic E-state index is 0.00501. The monoisotopic (exact) mass is 201 g/mol. The Bertz CT molecular complexity index is 499. The van der Waals surface area contributed by atoms with Gasteiger partial charge in [-0.1, -0.05) is 6.07 Å². The first-order valence-electron chi connectivity index (χ1n) is 4.61. The predicted molar refractivity (Wildman–Crippen MR) is 58.5 cm³/mol. The summed E-state index contributed by atoms with van der Waals surface area (Å²) >= 11 is 0. The molecule has 0 aliphatic rings. The number of nitrogens with two attached hydrogens (primary N) is 1. The lowest BCUT2D eigenvalue weighted by Gasteiger charge is -2.07. The molecule has 15 heavy (non-hydrogen) atoms. The van der Waals surface area contributed by atoms with E-state index in [0.717, 1.165) is 5.56 Å². The van der Waals surface area contributed by atoms with E-state index < -0.39 is 0 Å². The maximum absolute atomic E-state index is 10.9. The van der Waals surface area contributed by atoms with Gasteiger partial charge in [-0.2, -0.15) is 0 Å². The molecular formula is C11H11N3O. The summed E-state index contributed by atoms with van der Waals surface area (Å²) in [6, 6.07) is 6.80. The summed E-state index contributed by atoms with van der Waals surface area (Å²) in [5.74, 6) is 0.524. The zero-order valence-electron chi connectivity index (χ0n) is 8.13. The Morgan fingerprint density at radius 2 is 2.00 bits per heavy atom. The predicted octanol–water partition coefficient (Wildman–Crippen LogP) is 0.874. The van der Waals surface area contributed by atoms with Gasteiger partial charge in [-0.15, -0.1) is 0 Å². The van der Waals surface area contributed by atoms with Crippen molar-refractivity contribution in [3.05, 3.63) is 58.6 Å². The average molecular weight is 201 g/mol. The minimum atomic E-state index is 0.00501. The summed E-state index contributed by atoms with van der Waals surface area (Å²) in [6.45, 7) is 0.625. The van der Waals surface area contributed by atoms with Crippen LogP contribution in [0.25, 0.3) is 0 Å². The molecule has 2 rings (SSSR count). The van der Waals surface area contributed by atoms with Crippen molar-refractivity contribution in [1.29, 1.82) is 0 Å². The number of anilines is 1. The molecule has 0 aliphatic carbocycles. The molecule has 76 valence electrons. The van der Waals surface area contributed by atoms with E-state index >= 15 is 0 Å². The molecule has 0 bridgehead atoms. The van der Waals surface area contributed by atoms with Gasteiger partial charge in [0.2, 0.25) is 0 Å². The van der Waals surface area contributed by atoms with Crippen LogP contribution in [0, 0.1) is 0 Å². The summed E-state index contributed by atoms with van der Waals surface area (Å²) in [6.07, 6.45) is 5.12. The molecular weight excluding hydrogens is 190 g/mol. The van der Waals surface area contributed by atoms with Gasteiger partial charge in [0, 0.05) is 36.3 Å². The van der Waals surface area contributed by atoms with E-state index in [1.165, 1.54) is 12.1 Å². The molecule has 0 spiro atoms. The van der Waals surface area contributed by atoms with Crippen LogP contribution in [0.3, 0.4) is 0 Å². The van der Waals surface area contributed by atoms with Gasteiger partial charge in [0.25, 0.3) is 0 Å². The Morgan fingerprint density at radius 3 is 2.67 bits per heavy atom.